The number of carbonyl (C=O) groups is 3. The summed E-state index contributed by atoms with van der Waals surface area (Å²) in [4.78, 5) is 35.1. The predicted molar refractivity (Wildman–Crippen MR) is 83.5 cm³/mol. The zero-order chi connectivity index (χ0) is 17.6. The maximum atomic E-state index is 11.7. The Bertz CT molecular complexity index is 437. The average molecular weight is 326 g/mol. The fourth-order valence-corrected chi connectivity index (χ4v) is 4.00. The Morgan fingerprint density at radius 2 is 1.14 bits per heavy atom. The largest absolute Gasteiger partial charge is 0.712 e. The van der Waals surface area contributed by atoms with Gasteiger partial charge in [-0.05, 0) is 5.92 Å². The molecule has 0 unspecified atom stereocenters. The summed E-state index contributed by atoms with van der Waals surface area (Å²) in [6.07, 6.45) is 2.71. The minimum atomic E-state index is -4.10. The molecule has 0 amide bonds. The van der Waals surface area contributed by atoms with Gasteiger partial charge in [-0.15, -0.1) is 0 Å². The van der Waals surface area contributed by atoms with E-state index in [4.69, 9.17) is 13.3 Å². The van der Waals surface area contributed by atoms with Gasteiger partial charge < -0.3 is 13.3 Å². The normalized spacial score (nSPS) is 11.3. The van der Waals surface area contributed by atoms with E-state index in [2.05, 4.69) is 19.7 Å². The molecular weight excluding hydrogens is 304 g/mol. The van der Waals surface area contributed by atoms with Crippen molar-refractivity contribution < 1.29 is 27.7 Å². The van der Waals surface area contributed by atoms with Crippen LogP contribution < -0.4 is 0 Å². The van der Waals surface area contributed by atoms with Crippen LogP contribution in [0.5, 0.6) is 0 Å². The molecule has 0 fully saturated rings. The molecular formula is C15H22O6Si. The van der Waals surface area contributed by atoms with E-state index in [0.717, 1.165) is 18.2 Å². The summed E-state index contributed by atoms with van der Waals surface area (Å²) in [5, 5.41) is -0.928. The van der Waals surface area contributed by atoms with Crippen LogP contribution in [-0.2, 0) is 27.7 Å². The highest BCUT2D eigenvalue weighted by Gasteiger charge is 2.66. The van der Waals surface area contributed by atoms with E-state index in [-0.39, 0.29) is 5.92 Å². The topological polar surface area (TPSA) is 78.9 Å². The van der Waals surface area contributed by atoms with Gasteiger partial charge in [0.15, 0.2) is 0 Å². The molecule has 7 heteroatoms. The first-order chi connectivity index (χ1) is 10.1. The van der Waals surface area contributed by atoms with E-state index in [1.807, 2.05) is 13.8 Å². The standard InChI is InChI=1S/C15H22O6Si/c1-8-12(16)19-22(20-13(17)9-2,21-14(18)10-3)15(6,7)11(4)5/h8-11H,1-3H2,4-7H3. The van der Waals surface area contributed by atoms with Crippen molar-refractivity contribution in [3.8, 4) is 0 Å². The number of rotatable bonds is 8. The second-order valence-corrected chi connectivity index (χ2v) is 8.32. The molecule has 122 valence electrons. The average Bonchev–Trinajstić information content (AvgIpc) is 2.45. The molecule has 0 radical (unpaired) electrons. The lowest BCUT2D eigenvalue weighted by molar-refractivity contribution is -0.146. The van der Waals surface area contributed by atoms with E-state index in [9.17, 15) is 14.4 Å². The van der Waals surface area contributed by atoms with Crippen molar-refractivity contribution >= 4 is 26.7 Å². The van der Waals surface area contributed by atoms with Crippen LogP contribution in [0, 0.1) is 5.92 Å². The lowest BCUT2D eigenvalue weighted by Crippen LogP contribution is -2.58. The smallest absolute Gasteiger partial charge is 0.452 e. The monoisotopic (exact) mass is 326 g/mol. The van der Waals surface area contributed by atoms with Gasteiger partial charge in [0, 0.05) is 18.2 Å². The summed E-state index contributed by atoms with van der Waals surface area (Å²) in [5.41, 5.74) is 0. The molecule has 0 aromatic rings. The van der Waals surface area contributed by atoms with Crippen LogP contribution in [0.2, 0.25) is 5.04 Å². The van der Waals surface area contributed by atoms with Crippen LogP contribution in [-0.4, -0.2) is 26.7 Å². The molecule has 0 bridgehead atoms. The molecule has 0 aliphatic heterocycles. The maximum Gasteiger partial charge on any atom is 0.712 e. The number of carbonyl (C=O) groups excluding carboxylic acids is 3. The lowest BCUT2D eigenvalue weighted by Gasteiger charge is -2.40. The summed E-state index contributed by atoms with van der Waals surface area (Å²) in [5.74, 6) is -2.69. The van der Waals surface area contributed by atoms with E-state index in [1.54, 1.807) is 13.8 Å². The zero-order valence-electron chi connectivity index (χ0n) is 13.4. The van der Waals surface area contributed by atoms with Crippen LogP contribution >= 0.6 is 0 Å². The first-order valence-corrected chi connectivity index (χ1v) is 8.35. The van der Waals surface area contributed by atoms with Gasteiger partial charge in [0.05, 0.1) is 5.04 Å². The van der Waals surface area contributed by atoms with Crippen molar-refractivity contribution in [1.82, 2.24) is 0 Å². The van der Waals surface area contributed by atoms with E-state index in [0.29, 0.717) is 0 Å². The fraction of sp³-hybridized carbons (Fsp3) is 0.400. The summed E-state index contributed by atoms with van der Waals surface area (Å²) < 4.78 is 15.8. The third-order valence-electron chi connectivity index (χ3n) is 3.44. The SMILES string of the molecule is C=CC(=O)O[Si](OC(=O)C=C)(OC(=O)C=C)C(C)(C)C(C)C. The van der Waals surface area contributed by atoms with Gasteiger partial charge in [0.25, 0.3) is 0 Å². The van der Waals surface area contributed by atoms with Crippen LogP contribution in [0.15, 0.2) is 38.0 Å². The third-order valence-corrected chi connectivity index (χ3v) is 7.00. The van der Waals surface area contributed by atoms with Gasteiger partial charge in [0.1, 0.15) is 0 Å². The molecule has 0 rings (SSSR count). The Hall–Kier alpha value is -2.15. The quantitative estimate of drug-likeness (QED) is 0.504. The Kier molecular flexibility index (Phi) is 6.98. The second-order valence-electron chi connectivity index (χ2n) is 5.31. The van der Waals surface area contributed by atoms with Crippen LogP contribution in [0.4, 0.5) is 0 Å². The third kappa shape index (κ3) is 4.42. The van der Waals surface area contributed by atoms with Gasteiger partial charge in [0.2, 0.25) is 0 Å². The zero-order valence-corrected chi connectivity index (χ0v) is 14.4. The molecule has 0 saturated carbocycles. The molecule has 22 heavy (non-hydrogen) atoms. The Labute approximate surface area is 131 Å². The maximum absolute atomic E-state index is 11.7. The summed E-state index contributed by atoms with van der Waals surface area (Å²) >= 11 is 0. The molecule has 0 aromatic carbocycles. The fourth-order valence-electron chi connectivity index (χ4n) is 1.33. The predicted octanol–water partition coefficient (Wildman–Crippen LogP) is 2.55. The Morgan fingerprint density at radius 3 is 1.32 bits per heavy atom. The van der Waals surface area contributed by atoms with E-state index in [1.165, 1.54) is 0 Å². The van der Waals surface area contributed by atoms with Gasteiger partial charge in [-0.3, -0.25) is 0 Å². The van der Waals surface area contributed by atoms with Crippen molar-refractivity contribution in [3.63, 3.8) is 0 Å². The molecule has 0 atom stereocenters. The summed E-state index contributed by atoms with van der Waals surface area (Å²) in [6.45, 7) is 16.9. The van der Waals surface area contributed by atoms with Crippen molar-refractivity contribution in [2.75, 3.05) is 0 Å². The van der Waals surface area contributed by atoms with Crippen LogP contribution in [0.25, 0.3) is 0 Å². The Balaban J connectivity index is 6.09. The molecule has 0 N–H and O–H groups in total. The highest BCUT2D eigenvalue weighted by Crippen LogP contribution is 2.46. The van der Waals surface area contributed by atoms with Crippen LogP contribution in [0.3, 0.4) is 0 Å². The molecule has 0 aliphatic carbocycles. The van der Waals surface area contributed by atoms with Crippen molar-refractivity contribution in [2.45, 2.75) is 32.7 Å². The van der Waals surface area contributed by atoms with Crippen molar-refractivity contribution in [2.24, 2.45) is 5.92 Å². The van der Waals surface area contributed by atoms with Crippen LogP contribution in [0.1, 0.15) is 27.7 Å². The highest BCUT2D eigenvalue weighted by molar-refractivity contribution is 6.69. The minimum absolute atomic E-state index is 0.132. The minimum Gasteiger partial charge on any atom is -0.452 e. The van der Waals surface area contributed by atoms with Gasteiger partial charge in [-0.1, -0.05) is 47.4 Å². The lowest BCUT2D eigenvalue weighted by atomic mass is 9.99. The van der Waals surface area contributed by atoms with Gasteiger partial charge in [-0.2, -0.15) is 0 Å². The van der Waals surface area contributed by atoms with Crippen molar-refractivity contribution in [1.29, 1.82) is 0 Å². The molecule has 0 saturated heterocycles. The molecule has 0 spiro atoms. The number of hydrogen-bond acceptors (Lipinski definition) is 6. The number of hydrogen-bond donors (Lipinski definition) is 0. The molecule has 0 aromatic heterocycles. The Morgan fingerprint density at radius 1 is 0.864 bits per heavy atom. The van der Waals surface area contributed by atoms with Gasteiger partial charge >= 0.3 is 26.7 Å². The van der Waals surface area contributed by atoms with Crippen molar-refractivity contribution in [3.05, 3.63) is 38.0 Å². The van der Waals surface area contributed by atoms with E-state index >= 15 is 0 Å². The first kappa shape index (κ1) is 19.8. The van der Waals surface area contributed by atoms with E-state index < -0.39 is 31.8 Å². The molecule has 0 heterocycles. The molecule has 6 nitrogen and oxygen atoms in total. The molecule has 0 aliphatic rings. The highest BCUT2D eigenvalue weighted by atomic mass is 28.4. The summed E-state index contributed by atoms with van der Waals surface area (Å²) in [7, 11) is -4.10. The first-order valence-electron chi connectivity index (χ1n) is 6.62. The van der Waals surface area contributed by atoms with Gasteiger partial charge in [-0.25, -0.2) is 14.4 Å². The second kappa shape index (κ2) is 7.74. The summed E-state index contributed by atoms with van der Waals surface area (Å²) in [6, 6.07) is 0.